The molecule has 0 aliphatic rings. The molecule has 0 amide bonds. The fourth-order valence-electron chi connectivity index (χ4n) is 3.23. The number of hydrogen-bond donors (Lipinski definition) is 1. The molecule has 0 unspecified atom stereocenters. The topological polar surface area (TPSA) is 85.6 Å². The highest BCUT2D eigenvalue weighted by molar-refractivity contribution is 9.11. The number of hydrogen-bond acceptors (Lipinski definition) is 5. The molecule has 6 nitrogen and oxygen atoms in total. The first-order valence-electron chi connectivity index (χ1n) is 9.47. The summed E-state index contributed by atoms with van der Waals surface area (Å²) in [6.45, 7) is 1.79. The van der Waals surface area contributed by atoms with Crippen LogP contribution >= 0.6 is 31.9 Å². The Labute approximate surface area is 201 Å². The van der Waals surface area contributed by atoms with E-state index in [-0.39, 0.29) is 17.1 Å². The first-order chi connectivity index (χ1) is 15.2. The van der Waals surface area contributed by atoms with Crippen molar-refractivity contribution >= 4 is 64.5 Å². The summed E-state index contributed by atoms with van der Waals surface area (Å²) >= 11 is 6.56. The summed E-state index contributed by atoms with van der Waals surface area (Å²) in [4.78, 5) is 12.9. The minimum absolute atomic E-state index is 0.0813. The molecule has 4 rings (SSSR count). The average molecular weight is 579 g/mol. The van der Waals surface area contributed by atoms with Crippen molar-refractivity contribution in [2.45, 2.75) is 18.4 Å². The molecule has 0 bridgehead atoms. The fourth-order valence-corrected chi connectivity index (χ4v) is 5.78. The SMILES string of the molecule is Cc1oc2ccc(NS(=O)(=O)c3cc(Br)ccc3Br)cc2c1C(=O)OCc1ccccc1. The van der Waals surface area contributed by atoms with Gasteiger partial charge in [-0.05, 0) is 64.8 Å². The van der Waals surface area contributed by atoms with E-state index in [1.54, 1.807) is 37.3 Å². The predicted molar refractivity (Wildman–Crippen MR) is 129 cm³/mol. The zero-order valence-electron chi connectivity index (χ0n) is 16.8. The Morgan fingerprint density at radius 3 is 2.53 bits per heavy atom. The van der Waals surface area contributed by atoms with Crippen molar-refractivity contribution in [1.82, 2.24) is 0 Å². The number of benzene rings is 3. The molecule has 1 aromatic heterocycles. The van der Waals surface area contributed by atoms with Crippen molar-refractivity contribution in [3.63, 3.8) is 0 Å². The van der Waals surface area contributed by atoms with E-state index in [4.69, 9.17) is 9.15 Å². The third kappa shape index (κ3) is 4.74. The molecule has 0 radical (unpaired) electrons. The van der Waals surface area contributed by atoms with E-state index in [0.717, 1.165) is 5.56 Å². The third-order valence-electron chi connectivity index (χ3n) is 4.72. The van der Waals surface area contributed by atoms with Crippen molar-refractivity contribution < 1.29 is 22.4 Å². The quantitative estimate of drug-likeness (QED) is 0.267. The molecule has 164 valence electrons. The fraction of sp³-hybridized carbons (Fsp3) is 0.0870. The second-order valence-electron chi connectivity index (χ2n) is 6.99. The van der Waals surface area contributed by atoms with Crippen LogP contribution in [0.25, 0.3) is 11.0 Å². The molecule has 0 spiro atoms. The minimum atomic E-state index is -3.88. The van der Waals surface area contributed by atoms with Gasteiger partial charge in [0.15, 0.2) is 0 Å². The smallest absolute Gasteiger partial charge is 0.342 e. The van der Waals surface area contributed by atoms with Crippen LogP contribution in [0.2, 0.25) is 0 Å². The van der Waals surface area contributed by atoms with Gasteiger partial charge in [0, 0.05) is 20.0 Å². The van der Waals surface area contributed by atoms with Gasteiger partial charge in [-0.25, -0.2) is 13.2 Å². The Morgan fingerprint density at radius 1 is 1.03 bits per heavy atom. The zero-order valence-corrected chi connectivity index (χ0v) is 20.8. The molecule has 3 aromatic carbocycles. The number of ether oxygens (including phenoxy) is 1. The number of aryl methyl sites for hydroxylation is 1. The normalized spacial score (nSPS) is 11.5. The summed E-state index contributed by atoms with van der Waals surface area (Å²) in [6.07, 6.45) is 0. The first kappa shape index (κ1) is 22.6. The van der Waals surface area contributed by atoms with Crippen molar-refractivity contribution in [1.29, 1.82) is 0 Å². The van der Waals surface area contributed by atoms with Crippen molar-refractivity contribution in [3.8, 4) is 0 Å². The molecule has 0 aliphatic carbocycles. The third-order valence-corrected chi connectivity index (χ3v) is 7.58. The van der Waals surface area contributed by atoms with Crippen LogP contribution in [0.5, 0.6) is 0 Å². The number of fused-ring (bicyclic) bond motifs is 1. The molecule has 1 N–H and O–H groups in total. The highest BCUT2D eigenvalue weighted by Gasteiger charge is 2.22. The largest absolute Gasteiger partial charge is 0.460 e. The Bertz CT molecular complexity index is 1420. The van der Waals surface area contributed by atoms with Gasteiger partial charge in [0.2, 0.25) is 0 Å². The number of sulfonamides is 1. The van der Waals surface area contributed by atoms with Crippen LogP contribution in [0.15, 0.2) is 85.0 Å². The molecule has 0 saturated heterocycles. The highest BCUT2D eigenvalue weighted by atomic mass is 79.9. The maximum absolute atomic E-state index is 12.9. The number of nitrogens with one attached hydrogen (secondary N) is 1. The lowest BCUT2D eigenvalue weighted by Gasteiger charge is -2.10. The van der Waals surface area contributed by atoms with Crippen LogP contribution in [0.4, 0.5) is 5.69 Å². The molecule has 32 heavy (non-hydrogen) atoms. The zero-order chi connectivity index (χ0) is 22.9. The number of esters is 1. The molecule has 4 aromatic rings. The summed E-state index contributed by atoms with van der Waals surface area (Å²) in [5.41, 5.74) is 1.88. The molecule has 0 aliphatic heterocycles. The Balaban J connectivity index is 1.64. The van der Waals surface area contributed by atoms with E-state index in [9.17, 15) is 13.2 Å². The minimum Gasteiger partial charge on any atom is -0.460 e. The van der Waals surface area contributed by atoms with Gasteiger partial charge in [-0.3, -0.25) is 4.72 Å². The summed E-state index contributed by atoms with van der Waals surface area (Å²) in [6, 6.07) is 19.0. The summed E-state index contributed by atoms with van der Waals surface area (Å²) in [5, 5.41) is 0.467. The van der Waals surface area contributed by atoms with Gasteiger partial charge in [-0.15, -0.1) is 0 Å². The van der Waals surface area contributed by atoms with Gasteiger partial charge < -0.3 is 9.15 Å². The number of carbonyl (C=O) groups excluding carboxylic acids is 1. The van der Waals surface area contributed by atoms with Gasteiger partial charge in [0.1, 0.15) is 28.4 Å². The standard InChI is InChI=1S/C23H17Br2NO5S/c1-14-22(23(27)30-13-15-5-3-2-4-6-15)18-12-17(8-10-20(18)31-14)26-32(28,29)21-11-16(24)7-9-19(21)25/h2-12,26H,13H2,1H3. The Hall–Kier alpha value is -2.62. The van der Waals surface area contributed by atoms with Gasteiger partial charge in [0.25, 0.3) is 10.0 Å². The van der Waals surface area contributed by atoms with Crippen LogP contribution in [-0.2, 0) is 21.4 Å². The molecule has 0 fully saturated rings. The average Bonchev–Trinajstić information content (AvgIpc) is 3.09. The molecule has 0 saturated carbocycles. The van der Waals surface area contributed by atoms with E-state index in [0.29, 0.717) is 31.4 Å². The van der Waals surface area contributed by atoms with Crippen molar-refractivity contribution in [3.05, 3.63) is 92.6 Å². The summed E-state index contributed by atoms with van der Waals surface area (Å²) in [5.74, 6) is -0.146. The molecule has 1 heterocycles. The van der Waals surface area contributed by atoms with E-state index < -0.39 is 16.0 Å². The molecular formula is C23H17Br2NO5S. The van der Waals surface area contributed by atoms with Crippen LogP contribution in [0, 0.1) is 6.92 Å². The highest BCUT2D eigenvalue weighted by Crippen LogP contribution is 2.31. The van der Waals surface area contributed by atoms with Gasteiger partial charge in [-0.2, -0.15) is 0 Å². The van der Waals surface area contributed by atoms with E-state index in [1.807, 2.05) is 30.3 Å². The van der Waals surface area contributed by atoms with Crippen LogP contribution in [0.1, 0.15) is 21.7 Å². The first-order valence-corrected chi connectivity index (χ1v) is 12.5. The number of halogens is 2. The maximum Gasteiger partial charge on any atom is 0.342 e. The summed E-state index contributed by atoms with van der Waals surface area (Å²) < 4.78 is 40.6. The van der Waals surface area contributed by atoms with Crippen molar-refractivity contribution in [2.24, 2.45) is 0 Å². The lowest BCUT2D eigenvalue weighted by Crippen LogP contribution is -2.13. The Morgan fingerprint density at radius 2 is 1.78 bits per heavy atom. The number of anilines is 1. The molecule has 0 atom stereocenters. The monoisotopic (exact) mass is 577 g/mol. The molecular weight excluding hydrogens is 562 g/mol. The second-order valence-corrected chi connectivity index (χ2v) is 10.4. The number of carbonyl (C=O) groups is 1. The van der Waals surface area contributed by atoms with Crippen LogP contribution < -0.4 is 4.72 Å². The van der Waals surface area contributed by atoms with Gasteiger partial charge in [0.05, 0.1) is 0 Å². The Kier molecular flexibility index (Phi) is 6.41. The lowest BCUT2D eigenvalue weighted by molar-refractivity contribution is 0.0473. The van der Waals surface area contributed by atoms with Gasteiger partial charge >= 0.3 is 5.97 Å². The second kappa shape index (κ2) is 9.09. The van der Waals surface area contributed by atoms with Crippen LogP contribution in [0.3, 0.4) is 0 Å². The predicted octanol–water partition coefficient (Wildman–Crippen LogP) is 6.42. The summed E-state index contributed by atoms with van der Waals surface area (Å²) in [7, 11) is -3.88. The number of rotatable bonds is 6. The van der Waals surface area contributed by atoms with Crippen molar-refractivity contribution in [2.75, 3.05) is 4.72 Å². The van der Waals surface area contributed by atoms with Crippen LogP contribution in [-0.4, -0.2) is 14.4 Å². The van der Waals surface area contributed by atoms with Gasteiger partial charge in [-0.1, -0.05) is 46.3 Å². The maximum atomic E-state index is 12.9. The number of furan rings is 1. The van der Waals surface area contributed by atoms with E-state index in [2.05, 4.69) is 36.6 Å². The molecule has 9 heteroatoms. The van der Waals surface area contributed by atoms with E-state index in [1.165, 1.54) is 6.07 Å². The lowest BCUT2D eigenvalue weighted by atomic mass is 10.1. The van der Waals surface area contributed by atoms with E-state index >= 15 is 0 Å².